The number of hydrogen-bond donors (Lipinski definition) is 1. The van der Waals surface area contributed by atoms with Crippen LogP contribution in [0.25, 0.3) is 0 Å². The molecule has 1 aromatic carbocycles. The summed E-state index contributed by atoms with van der Waals surface area (Å²) in [6.07, 6.45) is 5.30. The lowest BCUT2D eigenvalue weighted by molar-refractivity contribution is -0.124. The summed E-state index contributed by atoms with van der Waals surface area (Å²) in [5.74, 6) is -1.34. The Morgan fingerprint density at radius 2 is 1.80 bits per heavy atom. The van der Waals surface area contributed by atoms with Crippen LogP contribution in [-0.2, 0) is 16.1 Å². The number of hydrogen-bond acceptors (Lipinski definition) is 3. The van der Waals surface area contributed by atoms with Gasteiger partial charge in [-0.1, -0.05) is 49.1 Å². The molecule has 0 bridgehead atoms. The van der Waals surface area contributed by atoms with E-state index in [0.717, 1.165) is 11.1 Å². The van der Waals surface area contributed by atoms with Crippen molar-refractivity contribution in [3.63, 3.8) is 0 Å². The van der Waals surface area contributed by atoms with Crippen LogP contribution < -0.4 is 5.73 Å². The Morgan fingerprint density at radius 1 is 1.10 bits per heavy atom. The second-order valence-electron chi connectivity index (χ2n) is 5.13. The van der Waals surface area contributed by atoms with E-state index in [9.17, 15) is 9.59 Å². The van der Waals surface area contributed by atoms with Gasteiger partial charge in [-0.2, -0.15) is 0 Å². The zero-order valence-electron chi connectivity index (χ0n) is 11.0. The molecule has 2 N–H and O–H groups in total. The maximum absolute atomic E-state index is 12.5. The Labute approximate surface area is 117 Å². The van der Waals surface area contributed by atoms with Gasteiger partial charge in [0.1, 0.15) is 5.92 Å². The van der Waals surface area contributed by atoms with Crippen LogP contribution >= 0.6 is 0 Å². The van der Waals surface area contributed by atoms with Gasteiger partial charge in [-0.05, 0) is 16.7 Å². The number of benzene rings is 1. The highest BCUT2D eigenvalue weighted by Crippen LogP contribution is 2.41. The standard InChI is InChI=1S/C17H15NO2/c1-10-3-2-4-13-14(10)17(20)15(16(13)19)12-7-5-11(9-18)6-8-12/h2-8,14-15H,1,9,18H2. The van der Waals surface area contributed by atoms with Crippen molar-refractivity contribution in [2.45, 2.75) is 12.5 Å². The van der Waals surface area contributed by atoms with Crippen molar-refractivity contribution in [1.29, 1.82) is 0 Å². The number of rotatable bonds is 2. The predicted octanol–water partition coefficient (Wildman–Crippen LogP) is 2.05. The van der Waals surface area contributed by atoms with Gasteiger partial charge in [0, 0.05) is 12.1 Å². The average molecular weight is 265 g/mol. The lowest BCUT2D eigenvalue weighted by atomic mass is 9.89. The molecule has 0 heterocycles. The monoisotopic (exact) mass is 265 g/mol. The number of carbonyl (C=O) groups excluding carboxylic acids is 2. The molecule has 2 aliphatic carbocycles. The topological polar surface area (TPSA) is 60.2 Å². The fourth-order valence-electron chi connectivity index (χ4n) is 2.85. The third-order valence-electron chi connectivity index (χ3n) is 3.93. The summed E-state index contributed by atoms with van der Waals surface area (Å²) in [7, 11) is 0. The summed E-state index contributed by atoms with van der Waals surface area (Å²) in [5, 5.41) is 0. The molecule has 1 saturated carbocycles. The first kappa shape index (κ1) is 12.8. The molecule has 2 aliphatic rings. The van der Waals surface area contributed by atoms with Gasteiger partial charge in [0.15, 0.2) is 11.6 Å². The number of fused-ring (bicyclic) bond motifs is 1. The number of carbonyl (C=O) groups is 2. The minimum atomic E-state index is -0.699. The number of ketones is 2. The van der Waals surface area contributed by atoms with Crippen LogP contribution in [0.3, 0.4) is 0 Å². The Bertz CT molecular complexity index is 665. The van der Waals surface area contributed by atoms with Gasteiger partial charge in [0.25, 0.3) is 0 Å². The minimum absolute atomic E-state index is 0.0731. The smallest absolute Gasteiger partial charge is 0.174 e. The summed E-state index contributed by atoms with van der Waals surface area (Å²) < 4.78 is 0. The predicted molar refractivity (Wildman–Crippen MR) is 76.9 cm³/mol. The number of nitrogens with two attached hydrogens (primary N) is 1. The molecule has 0 radical (unpaired) electrons. The summed E-state index contributed by atoms with van der Waals surface area (Å²) in [6.45, 7) is 4.33. The van der Waals surface area contributed by atoms with E-state index < -0.39 is 11.8 Å². The zero-order valence-corrected chi connectivity index (χ0v) is 11.0. The van der Waals surface area contributed by atoms with E-state index in [1.54, 1.807) is 18.2 Å². The van der Waals surface area contributed by atoms with Gasteiger partial charge in [-0.3, -0.25) is 9.59 Å². The van der Waals surface area contributed by atoms with E-state index >= 15 is 0 Å². The summed E-state index contributed by atoms with van der Waals surface area (Å²) in [4.78, 5) is 25.0. The molecule has 0 amide bonds. The van der Waals surface area contributed by atoms with Crippen molar-refractivity contribution in [3.05, 3.63) is 71.3 Å². The van der Waals surface area contributed by atoms with E-state index in [2.05, 4.69) is 6.58 Å². The quantitative estimate of drug-likeness (QED) is 0.832. The SMILES string of the molecule is C=C1C=CC=C2C(=O)C(c3ccc(CN)cc3)C(=O)C12. The summed E-state index contributed by atoms with van der Waals surface area (Å²) >= 11 is 0. The minimum Gasteiger partial charge on any atom is -0.326 e. The van der Waals surface area contributed by atoms with Crippen molar-refractivity contribution < 1.29 is 9.59 Å². The Hall–Kier alpha value is -2.26. The molecular weight excluding hydrogens is 250 g/mol. The molecule has 0 saturated heterocycles. The fraction of sp³-hybridized carbons (Fsp3) is 0.176. The van der Waals surface area contributed by atoms with Gasteiger partial charge < -0.3 is 5.73 Å². The van der Waals surface area contributed by atoms with Gasteiger partial charge >= 0.3 is 0 Å². The van der Waals surface area contributed by atoms with E-state index in [4.69, 9.17) is 5.73 Å². The average Bonchev–Trinajstić information content (AvgIpc) is 2.72. The Morgan fingerprint density at radius 3 is 2.40 bits per heavy atom. The molecule has 100 valence electrons. The normalized spacial score (nSPS) is 24.9. The molecule has 0 aliphatic heterocycles. The van der Waals surface area contributed by atoms with E-state index in [-0.39, 0.29) is 11.6 Å². The maximum atomic E-state index is 12.5. The first-order chi connectivity index (χ1) is 9.63. The Kier molecular flexibility index (Phi) is 2.99. The third kappa shape index (κ3) is 1.79. The van der Waals surface area contributed by atoms with Crippen LogP contribution in [0.4, 0.5) is 0 Å². The molecule has 3 heteroatoms. The number of Topliss-reactive ketones (excluding diaryl/α,β-unsaturated/α-hetero) is 2. The van der Waals surface area contributed by atoms with Crippen LogP contribution in [0.2, 0.25) is 0 Å². The molecule has 0 spiro atoms. The van der Waals surface area contributed by atoms with Gasteiger partial charge in [-0.25, -0.2) is 0 Å². The molecule has 2 atom stereocenters. The van der Waals surface area contributed by atoms with E-state index in [1.165, 1.54) is 0 Å². The van der Waals surface area contributed by atoms with Crippen molar-refractivity contribution in [2.24, 2.45) is 11.7 Å². The molecule has 20 heavy (non-hydrogen) atoms. The van der Waals surface area contributed by atoms with Gasteiger partial charge in [-0.15, -0.1) is 0 Å². The second kappa shape index (κ2) is 4.69. The zero-order chi connectivity index (χ0) is 14.3. The van der Waals surface area contributed by atoms with Crippen LogP contribution in [0.15, 0.2) is 60.2 Å². The molecule has 1 aromatic rings. The van der Waals surface area contributed by atoms with Crippen molar-refractivity contribution in [1.82, 2.24) is 0 Å². The fourth-order valence-corrected chi connectivity index (χ4v) is 2.85. The van der Waals surface area contributed by atoms with Gasteiger partial charge in [0.05, 0.1) is 5.92 Å². The first-order valence-corrected chi connectivity index (χ1v) is 6.57. The van der Waals surface area contributed by atoms with Crippen LogP contribution in [0.1, 0.15) is 17.0 Å². The molecule has 0 aromatic heterocycles. The van der Waals surface area contributed by atoms with Crippen molar-refractivity contribution >= 4 is 11.6 Å². The third-order valence-corrected chi connectivity index (χ3v) is 3.93. The van der Waals surface area contributed by atoms with Gasteiger partial charge in [0.2, 0.25) is 0 Å². The van der Waals surface area contributed by atoms with Crippen molar-refractivity contribution in [3.8, 4) is 0 Å². The maximum Gasteiger partial charge on any atom is 0.174 e. The highest BCUT2D eigenvalue weighted by atomic mass is 16.2. The highest BCUT2D eigenvalue weighted by Gasteiger charge is 2.47. The van der Waals surface area contributed by atoms with Crippen LogP contribution in [-0.4, -0.2) is 11.6 Å². The largest absolute Gasteiger partial charge is 0.326 e. The van der Waals surface area contributed by atoms with E-state index in [1.807, 2.05) is 24.3 Å². The van der Waals surface area contributed by atoms with Crippen LogP contribution in [0.5, 0.6) is 0 Å². The van der Waals surface area contributed by atoms with Crippen LogP contribution in [0, 0.1) is 5.92 Å². The summed E-state index contributed by atoms with van der Waals surface area (Å²) in [6, 6.07) is 7.35. The van der Waals surface area contributed by atoms with Crippen molar-refractivity contribution in [2.75, 3.05) is 0 Å². The summed E-state index contributed by atoms with van der Waals surface area (Å²) in [5.41, 5.74) is 8.54. The Balaban J connectivity index is 2.01. The molecule has 1 fully saturated rings. The lowest BCUT2D eigenvalue weighted by Crippen LogP contribution is -2.16. The van der Waals surface area contributed by atoms with E-state index in [0.29, 0.717) is 17.7 Å². The number of allylic oxidation sites excluding steroid dienone is 5. The molecule has 2 unspecified atom stereocenters. The second-order valence-corrected chi connectivity index (χ2v) is 5.13. The molecular formula is C17H15NO2. The highest BCUT2D eigenvalue weighted by molar-refractivity contribution is 6.25. The first-order valence-electron chi connectivity index (χ1n) is 6.57. The molecule has 3 nitrogen and oxygen atoms in total. The molecule has 3 rings (SSSR count). The lowest BCUT2D eigenvalue weighted by Gasteiger charge is -2.12.